The van der Waals surface area contributed by atoms with E-state index in [1.54, 1.807) is 7.11 Å². The Morgan fingerprint density at radius 3 is 2.47 bits per heavy atom. The van der Waals surface area contributed by atoms with Crippen LogP contribution < -0.4 is 9.47 Å². The zero-order valence-corrected chi connectivity index (χ0v) is 16.8. The molecule has 0 aliphatic carbocycles. The number of aromatic nitrogens is 2. The van der Waals surface area contributed by atoms with Gasteiger partial charge in [-0.2, -0.15) is 0 Å². The van der Waals surface area contributed by atoms with E-state index < -0.39 is 11.6 Å². The number of halogens is 2. The summed E-state index contributed by atoms with van der Waals surface area (Å²) in [6.07, 6.45) is 0.867. The highest BCUT2D eigenvalue weighted by molar-refractivity contribution is 5.77. The molecule has 4 nitrogen and oxygen atoms in total. The molecule has 4 rings (SSSR count). The second kappa shape index (κ2) is 8.53. The minimum Gasteiger partial charge on any atom is -0.497 e. The number of fused-ring (bicyclic) bond motifs is 1. The van der Waals surface area contributed by atoms with Crippen LogP contribution in [0.1, 0.15) is 36.2 Å². The molecule has 0 aliphatic rings. The molecule has 0 amide bonds. The van der Waals surface area contributed by atoms with Crippen LogP contribution in [0.3, 0.4) is 0 Å². The van der Waals surface area contributed by atoms with Crippen LogP contribution in [-0.4, -0.2) is 17.1 Å². The van der Waals surface area contributed by atoms with Crippen molar-refractivity contribution in [1.29, 1.82) is 0 Å². The summed E-state index contributed by atoms with van der Waals surface area (Å²) in [5.74, 6) is 1.38. The predicted molar refractivity (Wildman–Crippen MR) is 112 cm³/mol. The summed E-state index contributed by atoms with van der Waals surface area (Å²) in [7, 11) is 1.64. The van der Waals surface area contributed by atoms with Gasteiger partial charge in [0.2, 0.25) is 0 Å². The van der Waals surface area contributed by atoms with E-state index in [1.165, 1.54) is 0 Å². The summed E-state index contributed by atoms with van der Waals surface area (Å²) in [4.78, 5) is 8.13. The molecule has 3 aromatic carbocycles. The van der Waals surface area contributed by atoms with Gasteiger partial charge in [0, 0.05) is 17.5 Å². The molecule has 1 N–H and O–H groups in total. The Hall–Kier alpha value is -3.41. The summed E-state index contributed by atoms with van der Waals surface area (Å²) in [6.45, 7) is 2.07. The van der Waals surface area contributed by atoms with Gasteiger partial charge < -0.3 is 14.5 Å². The highest BCUT2D eigenvalue weighted by Gasteiger charge is 2.17. The van der Waals surface area contributed by atoms with E-state index in [9.17, 15) is 8.78 Å². The van der Waals surface area contributed by atoms with Crippen LogP contribution in [0.25, 0.3) is 11.0 Å². The monoisotopic (exact) mass is 408 g/mol. The van der Waals surface area contributed by atoms with Crippen molar-refractivity contribution in [3.05, 3.63) is 89.2 Å². The van der Waals surface area contributed by atoms with Crippen molar-refractivity contribution in [2.45, 2.75) is 25.9 Å². The number of methoxy groups -OCH3 is 1. The fourth-order valence-electron chi connectivity index (χ4n) is 3.50. The summed E-state index contributed by atoms with van der Waals surface area (Å²) in [5, 5.41) is 0. The maximum Gasteiger partial charge on any atom is 0.130 e. The first kappa shape index (κ1) is 19.9. The molecule has 0 bridgehead atoms. The SMILES string of the molecule is CCC(c1ccc(OCc2cc(F)ccc2F)cc1)c1nc2ccc(OC)cc2[nH]1. The van der Waals surface area contributed by atoms with Crippen LogP contribution in [0.5, 0.6) is 11.5 Å². The zero-order chi connectivity index (χ0) is 21.1. The molecular weight excluding hydrogens is 386 g/mol. The Kier molecular flexibility index (Phi) is 5.65. The topological polar surface area (TPSA) is 47.1 Å². The number of hydrogen-bond acceptors (Lipinski definition) is 3. The van der Waals surface area contributed by atoms with Crippen molar-refractivity contribution in [2.24, 2.45) is 0 Å². The van der Waals surface area contributed by atoms with E-state index in [4.69, 9.17) is 14.5 Å². The van der Waals surface area contributed by atoms with Gasteiger partial charge in [0.05, 0.1) is 18.1 Å². The predicted octanol–water partition coefficient (Wildman–Crippen LogP) is 5.97. The second-order valence-electron chi connectivity index (χ2n) is 7.06. The third-order valence-electron chi connectivity index (χ3n) is 5.13. The van der Waals surface area contributed by atoms with E-state index in [0.717, 1.165) is 52.8 Å². The molecule has 154 valence electrons. The molecule has 0 spiro atoms. The summed E-state index contributed by atoms with van der Waals surface area (Å²) >= 11 is 0. The van der Waals surface area contributed by atoms with E-state index >= 15 is 0 Å². The minimum absolute atomic E-state index is 0.0362. The molecule has 4 aromatic rings. The highest BCUT2D eigenvalue weighted by Crippen LogP contribution is 2.30. The van der Waals surface area contributed by atoms with E-state index in [2.05, 4.69) is 11.9 Å². The minimum atomic E-state index is -0.486. The maximum absolute atomic E-state index is 13.7. The van der Waals surface area contributed by atoms with Gasteiger partial charge >= 0.3 is 0 Å². The lowest BCUT2D eigenvalue weighted by atomic mass is 9.96. The molecular formula is C24H22F2N2O2. The fraction of sp³-hybridized carbons (Fsp3) is 0.208. The van der Waals surface area contributed by atoms with Gasteiger partial charge in [0.25, 0.3) is 0 Å². The van der Waals surface area contributed by atoms with Gasteiger partial charge in [-0.15, -0.1) is 0 Å². The highest BCUT2D eigenvalue weighted by atomic mass is 19.1. The number of nitrogens with zero attached hydrogens (tertiary/aromatic N) is 1. The molecule has 0 saturated carbocycles. The smallest absolute Gasteiger partial charge is 0.130 e. The average molecular weight is 408 g/mol. The Bertz CT molecular complexity index is 1160. The van der Waals surface area contributed by atoms with Gasteiger partial charge in [-0.1, -0.05) is 19.1 Å². The molecule has 0 saturated heterocycles. The number of nitrogens with one attached hydrogen (secondary N) is 1. The van der Waals surface area contributed by atoms with Gasteiger partial charge in [0.15, 0.2) is 0 Å². The first-order chi connectivity index (χ1) is 14.6. The third kappa shape index (κ3) is 4.13. The lowest BCUT2D eigenvalue weighted by Crippen LogP contribution is -2.03. The van der Waals surface area contributed by atoms with Crippen molar-refractivity contribution in [3.8, 4) is 11.5 Å². The van der Waals surface area contributed by atoms with Crippen molar-refractivity contribution in [2.75, 3.05) is 7.11 Å². The number of rotatable bonds is 7. The van der Waals surface area contributed by atoms with E-state index in [1.807, 2.05) is 42.5 Å². The lowest BCUT2D eigenvalue weighted by Gasteiger charge is -2.14. The van der Waals surface area contributed by atoms with Gasteiger partial charge in [-0.25, -0.2) is 13.8 Å². The Morgan fingerprint density at radius 1 is 0.967 bits per heavy atom. The largest absolute Gasteiger partial charge is 0.497 e. The molecule has 30 heavy (non-hydrogen) atoms. The van der Waals surface area contributed by atoms with Crippen LogP contribution in [0.2, 0.25) is 0 Å². The molecule has 1 atom stereocenters. The second-order valence-corrected chi connectivity index (χ2v) is 7.06. The summed E-state index contributed by atoms with van der Waals surface area (Å²) in [5.41, 5.74) is 3.09. The van der Waals surface area contributed by atoms with Crippen LogP contribution in [0, 0.1) is 11.6 Å². The normalized spacial score (nSPS) is 12.1. The van der Waals surface area contributed by atoms with Crippen molar-refractivity contribution in [1.82, 2.24) is 9.97 Å². The Labute approximate surface area is 173 Å². The van der Waals surface area contributed by atoms with E-state index in [-0.39, 0.29) is 18.1 Å². The number of benzene rings is 3. The first-order valence-corrected chi connectivity index (χ1v) is 9.77. The maximum atomic E-state index is 13.7. The molecule has 0 radical (unpaired) electrons. The molecule has 1 aromatic heterocycles. The number of imidazole rings is 1. The molecule has 0 aliphatic heterocycles. The average Bonchev–Trinajstić information content (AvgIpc) is 3.18. The molecule has 0 fully saturated rings. The quantitative estimate of drug-likeness (QED) is 0.410. The standard InChI is InChI=1S/C24H22F2N2O2/c1-3-20(24-27-22-11-9-19(29-2)13-23(22)28-24)15-4-7-18(8-5-15)30-14-16-12-17(25)6-10-21(16)26/h4-13,20H,3,14H2,1-2H3,(H,27,28). The molecule has 1 unspecified atom stereocenters. The Balaban J connectivity index is 1.51. The van der Waals surface area contributed by atoms with Gasteiger partial charge in [-0.05, 0) is 54.4 Å². The number of aromatic amines is 1. The summed E-state index contributed by atoms with van der Waals surface area (Å²) in [6, 6.07) is 16.7. The van der Waals surface area contributed by atoms with E-state index in [0.29, 0.717) is 5.75 Å². The third-order valence-corrected chi connectivity index (χ3v) is 5.13. The fourth-order valence-corrected chi connectivity index (χ4v) is 3.50. The molecule has 6 heteroatoms. The van der Waals surface area contributed by atoms with Gasteiger partial charge in [0.1, 0.15) is 35.6 Å². The van der Waals surface area contributed by atoms with Crippen LogP contribution in [0.4, 0.5) is 8.78 Å². The lowest BCUT2D eigenvalue weighted by molar-refractivity contribution is 0.299. The van der Waals surface area contributed by atoms with Crippen molar-refractivity contribution >= 4 is 11.0 Å². The van der Waals surface area contributed by atoms with Crippen molar-refractivity contribution < 1.29 is 18.3 Å². The van der Waals surface area contributed by atoms with Crippen LogP contribution in [-0.2, 0) is 6.61 Å². The number of ether oxygens (including phenoxy) is 2. The van der Waals surface area contributed by atoms with Crippen LogP contribution >= 0.6 is 0 Å². The Morgan fingerprint density at radius 2 is 1.73 bits per heavy atom. The number of H-pyrrole nitrogens is 1. The molecule has 1 heterocycles. The van der Waals surface area contributed by atoms with Gasteiger partial charge in [-0.3, -0.25) is 0 Å². The first-order valence-electron chi connectivity index (χ1n) is 9.77. The van der Waals surface area contributed by atoms with Crippen molar-refractivity contribution in [3.63, 3.8) is 0 Å². The van der Waals surface area contributed by atoms with Crippen LogP contribution in [0.15, 0.2) is 60.7 Å². The number of hydrogen-bond donors (Lipinski definition) is 1. The summed E-state index contributed by atoms with van der Waals surface area (Å²) < 4.78 is 38.0. The zero-order valence-electron chi connectivity index (χ0n) is 16.8.